The zero-order chi connectivity index (χ0) is 13.5. The van der Waals surface area contributed by atoms with Crippen molar-refractivity contribution in [2.45, 2.75) is 18.5 Å². The van der Waals surface area contributed by atoms with E-state index in [1.807, 2.05) is 0 Å². The third-order valence-corrected chi connectivity index (χ3v) is 4.87. The van der Waals surface area contributed by atoms with Crippen molar-refractivity contribution >= 4 is 15.5 Å². The predicted molar refractivity (Wildman–Crippen MR) is 61.9 cm³/mol. The van der Waals surface area contributed by atoms with Gasteiger partial charge in [-0.05, 0) is 6.07 Å². The fourth-order valence-electron chi connectivity index (χ4n) is 1.87. The topological polar surface area (TPSA) is 107 Å². The molecule has 0 amide bonds. The summed E-state index contributed by atoms with van der Waals surface area (Å²) in [6, 6.07) is 3.62. The standard InChI is InChI=1S/C10H11NO6S/c1-2-18(15,16)9-7-5-6(11(13)14)3-4-8(7)17-10(9)12/h3-5,9-10,12H,2H2,1H3/t9-,10+/m1/s1. The summed E-state index contributed by atoms with van der Waals surface area (Å²) in [7, 11) is -3.60. The molecule has 0 spiro atoms. The van der Waals surface area contributed by atoms with Gasteiger partial charge >= 0.3 is 0 Å². The second-order valence-electron chi connectivity index (χ2n) is 3.86. The van der Waals surface area contributed by atoms with Crippen LogP contribution in [0.15, 0.2) is 18.2 Å². The van der Waals surface area contributed by atoms with E-state index in [2.05, 4.69) is 0 Å². The summed E-state index contributed by atoms with van der Waals surface area (Å²) < 4.78 is 28.7. The van der Waals surface area contributed by atoms with Gasteiger partial charge in [0.1, 0.15) is 5.75 Å². The number of non-ortho nitro benzene ring substituents is 1. The number of rotatable bonds is 3. The molecule has 1 aromatic carbocycles. The minimum Gasteiger partial charge on any atom is -0.463 e. The zero-order valence-corrected chi connectivity index (χ0v) is 10.3. The lowest BCUT2D eigenvalue weighted by Crippen LogP contribution is -2.26. The highest BCUT2D eigenvalue weighted by Gasteiger charge is 2.42. The number of ether oxygens (including phenoxy) is 1. The van der Waals surface area contributed by atoms with Crippen LogP contribution in [0.25, 0.3) is 0 Å². The molecule has 0 radical (unpaired) electrons. The van der Waals surface area contributed by atoms with Crippen LogP contribution < -0.4 is 4.74 Å². The van der Waals surface area contributed by atoms with Gasteiger partial charge in [0.05, 0.1) is 4.92 Å². The van der Waals surface area contributed by atoms with Gasteiger partial charge in [-0.3, -0.25) is 10.1 Å². The molecule has 1 aromatic rings. The van der Waals surface area contributed by atoms with Crippen LogP contribution in [0.3, 0.4) is 0 Å². The highest BCUT2D eigenvalue weighted by Crippen LogP contribution is 2.42. The summed E-state index contributed by atoms with van der Waals surface area (Å²) in [5, 5.41) is 19.0. The molecule has 18 heavy (non-hydrogen) atoms. The SMILES string of the molecule is CCS(=O)(=O)[C@@H]1c2cc([N+](=O)[O-])ccc2O[C@@H]1O. The number of fused-ring (bicyclic) bond motifs is 1. The van der Waals surface area contributed by atoms with Crippen LogP contribution in [-0.4, -0.2) is 30.5 Å². The number of hydrogen-bond acceptors (Lipinski definition) is 6. The molecule has 0 aromatic heterocycles. The summed E-state index contributed by atoms with van der Waals surface area (Å²) in [5.41, 5.74) is -0.0960. The van der Waals surface area contributed by atoms with Crippen molar-refractivity contribution in [3.8, 4) is 5.75 Å². The summed E-state index contributed by atoms with van der Waals surface area (Å²) in [6.45, 7) is 1.44. The predicted octanol–water partition coefficient (Wildman–Crippen LogP) is 0.781. The highest BCUT2D eigenvalue weighted by molar-refractivity contribution is 7.91. The Labute approximate surface area is 103 Å². The normalized spacial score (nSPS) is 22.3. The minimum absolute atomic E-state index is 0.138. The molecule has 1 N–H and O–H groups in total. The van der Waals surface area contributed by atoms with E-state index in [-0.39, 0.29) is 22.8 Å². The number of nitro benzene ring substituents is 1. The van der Waals surface area contributed by atoms with Crippen LogP contribution in [0.1, 0.15) is 17.7 Å². The molecule has 0 aliphatic carbocycles. The molecule has 8 heteroatoms. The average Bonchev–Trinajstić information content (AvgIpc) is 2.64. The van der Waals surface area contributed by atoms with Gasteiger partial charge in [0.2, 0.25) is 6.29 Å². The molecule has 7 nitrogen and oxygen atoms in total. The Morgan fingerprint density at radius 2 is 2.17 bits per heavy atom. The molecule has 0 saturated heterocycles. The number of sulfone groups is 1. The zero-order valence-electron chi connectivity index (χ0n) is 9.44. The molecule has 98 valence electrons. The summed E-state index contributed by atoms with van der Waals surface area (Å²) in [4.78, 5) is 10.0. The molecule has 1 aliphatic rings. The van der Waals surface area contributed by atoms with Gasteiger partial charge in [0, 0.05) is 23.4 Å². The first-order chi connectivity index (χ1) is 8.36. The van der Waals surface area contributed by atoms with Crippen LogP contribution in [0, 0.1) is 10.1 Å². The maximum absolute atomic E-state index is 11.8. The smallest absolute Gasteiger partial charge is 0.270 e. The number of aliphatic hydroxyl groups is 1. The molecule has 1 aliphatic heterocycles. The fraction of sp³-hybridized carbons (Fsp3) is 0.400. The van der Waals surface area contributed by atoms with Crippen molar-refractivity contribution in [1.82, 2.24) is 0 Å². The lowest BCUT2D eigenvalue weighted by atomic mass is 10.1. The Morgan fingerprint density at radius 1 is 1.50 bits per heavy atom. The van der Waals surface area contributed by atoms with E-state index < -0.39 is 26.3 Å². The van der Waals surface area contributed by atoms with E-state index >= 15 is 0 Å². The van der Waals surface area contributed by atoms with E-state index in [1.165, 1.54) is 19.1 Å². The van der Waals surface area contributed by atoms with Gasteiger partial charge in [-0.2, -0.15) is 0 Å². The van der Waals surface area contributed by atoms with Crippen LogP contribution in [0.5, 0.6) is 5.75 Å². The van der Waals surface area contributed by atoms with Crippen molar-refractivity contribution in [2.75, 3.05) is 5.75 Å². The van der Waals surface area contributed by atoms with E-state index in [0.29, 0.717) is 0 Å². The monoisotopic (exact) mass is 273 g/mol. The highest BCUT2D eigenvalue weighted by atomic mass is 32.2. The number of aliphatic hydroxyl groups excluding tert-OH is 1. The Bertz CT molecular complexity index is 596. The first-order valence-corrected chi connectivity index (χ1v) is 6.93. The maximum atomic E-state index is 11.8. The summed E-state index contributed by atoms with van der Waals surface area (Å²) in [6.07, 6.45) is -1.52. The Kier molecular flexibility index (Phi) is 2.99. The molecular weight excluding hydrogens is 262 g/mol. The van der Waals surface area contributed by atoms with Gasteiger partial charge in [0.15, 0.2) is 15.1 Å². The second-order valence-corrected chi connectivity index (χ2v) is 6.27. The summed E-state index contributed by atoms with van der Waals surface area (Å²) in [5.74, 6) is -0.0182. The molecule has 0 saturated carbocycles. The van der Waals surface area contributed by atoms with Crippen LogP contribution >= 0.6 is 0 Å². The van der Waals surface area contributed by atoms with E-state index in [4.69, 9.17) is 4.74 Å². The molecule has 0 fully saturated rings. The third-order valence-electron chi connectivity index (χ3n) is 2.81. The number of nitrogens with zero attached hydrogens (tertiary/aromatic N) is 1. The van der Waals surface area contributed by atoms with E-state index in [1.54, 1.807) is 0 Å². The van der Waals surface area contributed by atoms with Gasteiger partial charge in [-0.15, -0.1) is 0 Å². The van der Waals surface area contributed by atoms with Crippen molar-refractivity contribution in [1.29, 1.82) is 0 Å². The van der Waals surface area contributed by atoms with Crippen LogP contribution in [0.4, 0.5) is 5.69 Å². The minimum atomic E-state index is -3.60. The van der Waals surface area contributed by atoms with Gasteiger partial charge in [0.25, 0.3) is 5.69 Å². The Balaban J connectivity index is 2.56. The lowest BCUT2D eigenvalue weighted by Gasteiger charge is -2.12. The molecule has 0 bridgehead atoms. The van der Waals surface area contributed by atoms with Gasteiger partial charge in [-0.1, -0.05) is 6.92 Å². The number of hydrogen-bond donors (Lipinski definition) is 1. The van der Waals surface area contributed by atoms with Crippen molar-refractivity contribution < 1.29 is 23.2 Å². The number of benzene rings is 1. The van der Waals surface area contributed by atoms with Crippen molar-refractivity contribution in [3.05, 3.63) is 33.9 Å². The quantitative estimate of drug-likeness (QED) is 0.644. The molecule has 0 unspecified atom stereocenters. The fourth-order valence-corrected chi connectivity index (χ4v) is 3.22. The Morgan fingerprint density at radius 3 is 2.72 bits per heavy atom. The van der Waals surface area contributed by atoms with Crippen molar-refractivity contribution in [2.24, 2.45) is 0 Å². The average molecular weight is 273 g/mol. The first-order valence-electron chi connectivity index (χ1n) is 5.21. The second kappa shape index (κ2) is 4.21. The summed E-state index contributed by atoms with van der Waals surface area (Å²) >= 11 is 0. The van der Waals surface area contributed by atoms with E-state index in [0.717, 1.165) is 6.07 Å². The molecular formula is C10H11NO6S. The Hall–Kier alpha value is -1.67. The van der Waals surface area contributed by atoms with E-state index in [9.17, 15) is 23.6 Å². The maximum Gasteiger partial charge on any atom is 0.270 e. The molecule has 1 heterocycles. The first kappa shape index (κ1) is 12.8. The van der Waals surface area contributed by atoms with Crippen LogP contribution in [0.2, 0.25) is 0 Å². The largest absolute Gasteiger partial charge is 0.463 e. The van der Waals surface area contributed by atoms with Gasteiger partial charge in [-0.25, -0.2) is 8.42 Å². The molecule has 2 atom stereocenters. The molecule has 2 rings (SSSR count). The lowest BCUT2D eigenvalue weighted by molar-refractivity contribution is -0.384. The van der Waals surface area contributed by atoms with Crippen molar-refractivity contribution in [3.63, 3.8) is 0 Å². The number of nitro groups is 1. The van der Waals surface area contributed by atoms with Crippen LogP contribution in [-0.2, 0) is 9.84 Å². The van der Waals surface area contributed by atoms with Gasteiger partial charge < -0.3 is 9.84 Å². The third kappa shape index (κ3) is 1.93.